The van der Waals surface area contributed by atoms with E-state index < -0.39 is 0 Å². The van der Waals surface area contributed by atoms with Crippen LogP contribution in [0.3, 0.4) is 0 Å². The lowest BCUT2D eigenvalue weighted by Crippen LogP contribution is -2.27. The lowest BCUT2D eigenvalue weighted by atomic mass is 10.2. The van der Waals surface area contributed by atoms with Gasteiger partial charge in [-0.15, -0.1) is 0 Å². The molecule has 1 N–H and O–H groups in total. The molecular weight excluding hydrogens is 130 g/mol. The van der Waals surface area contributed by atoms with Crippen LogP contribution in [0.15, 0.2) is 0 Å². The molecule has 0 rings (SSSR count). The van der Waals surface area contributed by atoms with Crippen LogP contribution in [0.1, 0.15) is 20.3 Å². The molecule has 1 atom stereocenters. The van der Waals surface area contributed by atoms with E-state index in [0.29, 0.717) is 13.0 Å². The van der Waals surface area contributed by atoms with Crippen LogP contribution in [-0.2, 0) is 9.59 Å². The summed E-state index contributed by atoms with van der Waals surface area (Å²) < 4.78 is 0. The zero-order valence-electron chi connectivity index (χ0n) is 6.39. The zero-order valence-corrected chi connectivity index (χ0v) is 6.39. The maximum absolute atomic E-state index is 10.6. The van der Waals surface area contributed by atoms with Gasteiger partial charge in [-0.3, -0.25) is 4.79 Å². The van der Waals surface area contributed by atoms with E-state index in [9.17, 15) is 9.59 Å². The second-order valence-corrected chi connectivity index (χ2v) is 2.27. The fraction of sp³-hybridized carbons (Fsp3) is 0.714. The summed E-state index contributed by atoms with van der Waals surface area (Å²) in [5.74, 6) is -0.0794. The fourth-order valence-electron chi connectivity index (χ4n) is 0.448. The van der Waals surface area contributed by atoms with Crippen molar-refractivity contribution >= 4 is 12.2 Å². The number of aldehydes is 1. The Morgan fingerprint density at radius 3 is 2.70 bits per heavy atom. The summed E-state index contributed by atoms with van der Waals surface area (Å²) in [6, 6.07) is 0. The van der Waals surface area contributed by atoms with Gasteiger partial charge in [-0.25, -0.2) is 0 Å². The molecular formula is C7H13NO2. The SMILES string of the molecule is CCC(=O)NCC(C)C=O. The van der Waals surface area contributed by atoms with Crippen LogP contribution in [-0.4, -0.2) is 18.7 Å². The lowest BCUT2D eigenvalue weighted by molar-refractivity contribution is -0.121. The van der Waals surface area contributed by atoms with Gasteiger partial charge in [0.15, 0.2) is 0 Å². The topological polar surface area (TPSA) is 46.2 Å². The highest BCUT2D eigenvalue weighted by Crippen LogP contribution is 1.85. The highest BCUT2D eigenvalue weighted by molar-refractivity contribution is 5.75. The molecule has 0 aromatic carbocycles. The second kappa shape index (κ2) is 4.97. The summed E-state index contributed by atoms with van der Waals surface area (Å²) in [7, 11) is 0. The molecule has 58 valence electrons. The van der Waals surface area contributed by atoms with Gasteiger partial charge in [0.05, 0.1) is 0 Å². The molecule has 3 heteroatoms. The van der Waals surface area contributed by atoms with E-state index in [4.69, 9.17) is 0 Å². The van der Waals surface area contributed by atoms with Crippen molar-refractivity contribution in [2.45, 2.75) is 20.3 Å². The molecule has 0 saturated carbocycles. The molecule has 0 aromatic heterocycles. The average Bonchev–Trinajstić information content (AvgIpc) is 1.99. The van der Waals surface area contributed by atoms with Gasteiger partial charge in [0.2, 0.25) is 5.91 Å². The van der Waals surface area contributed by atoms with Crippen molar-refractivity contribution in [1.82, 2.24) is 5.32 Å². The smallest absolute Gasteiger partial charge is 0.219 e. The lowest BCUT2D eigenvalue weighted by Gasteiger charge is -2.03. The minimum absolute atomic E-state index is 0.00583. The van der Waals surface area contributed by atoms with Gasteiger partial charge < -0.3 is 10.1 Å². The predicted octanol–water partition coefficient (Wildman–Crippen LogP) is 0.348. The predicted molar refractivity (Wildman–Crippen MR) is 38.5 cm³/mol. The summed E-state index contributed by atoms with van der Waals surface area (Å²) in [4.78, 5) is 20.7. The number of carbonyl (C=O) groups is 2. The Morgan fingerprint density at radius 2 is 2.30 bits per heavy atom. The Hall–Kier alpha value is -0.860. The van der Waals surface area contributed by atoms with Crippen molar-refractivity contribution in [3.05, 3.63) is 0 Å². The Morgan fingerprint density at radius 1 is 1.70 bits per heavy atom. The van der Waals surface area contributed by atoms with E-state index >= 15 is 0 Å². The molecule has 0 spiro atoms. The normalized spacial score (nSPS) is 12.2. The van der Waals surface area contributed by atoms with Crippen molar-refractivity contribution in [2.24, 2.45) is 5.92 Å². The number of hydrogen-bond donors (Lipinski definition) is 1. The van der Waals surface area contributed by atoms with Crippen LogP contribution >= 0.6 is 0 Å². The summed E-state index contributed by atoms with van der Waals surface area (Å²) in [5.41, 5.74) is 0. The van der Waals surface area contributed by atoms with Crippen LogP contribution in [0.2, 0.25) is 0 Å². The molecule has 0 bridgehead atoms. The van der Waals surface area contributed by atoms with Crippen molar-refractivity contribution in [3.8, 4) is 0 Å². The van der Waals surface area contributed by atoms with Gasteiger partial charge in [0, 0.05) is 18.9 Å². The van der Waals surface area contributed by atoms with Crippen LogP contribution in [0, 0.1) is 5.92 Å². The Labute approximate surface area is 60.8 Å². The van der Waals surface area contributed by atoms with Gasteiger partial charge in [0.25, 0.3) is 0 Å². The number of nitrogens with one attached hydrogen (secondary N) is 1. The third-order valence-electron chi connectivity index (χ3n) is 1.17. The number of carbonyl (C=O) groups excluding carboxylic acids is 2. The van der Waals surface area contributed by atoms with Crippen molar-refractivity contribution in [2.75, 3.05) is 6.54 Å². The molecule has 0 saturated heterocycles. The average molecular weight is 143 g/mol. The van der Waals surface area contributed by atoms with E-state index in [2.05, 4.69) is 5.32 Å². The largest absolute Gasteiger partial charge is 0.355 e. The highest BCUT2D eigenvalue weighted by Gasteiger charge is 2.00. The van der Waals surface area contributed by atoms with E-state index in [1.807, 2.05) is 0 Å². The molecule has 0 fully saturated rings. The monoisotopic (exact) mass is 143 g/mol. The van der Waals surface area contributed by atoms with E-state index in [1.54, 1.807) is 13.8 Å². The van der Waals surface area contributed by atoms with Crippen LogP contribution in [0.4, 0.5) is 0 Å². The molecule has 3 nitrogen and oxygen atoms in total. The first-order chi connectivity index (χ1) is 4.70. The Kier molecular flexibility index (Phi) is 4.54. The van der Waals surface area contributed by atoms with Crippen molar-refractivity contribution < 1.29 is 9.59 Å². The molecule has 1 unspecified atom stereocenters. The zero-order chi connectivity index (χ0) is 7.98. The summed E-state index contributed by atoms with van der Waals surface area (Å²) in [6.07, 6.45) is 1.31. The van der Waals surface area contributed by atoms with E-state index in [1.165, 1.54) is 0 Å². The maximum atomic E-state index is 10.6. The van der Waals surface area contributed by atoms with E-state index in [-0.39, 0.29) is 11.8 Å². The van der Waals surface area contributed by atoms with E-state index in [0.717, 1.165) is 6.29 Å². The van der Waals surface area contributed by atoms with Crippen molar-refractivity contribution in [1.29, 1.82) is 0 Å². The molecule has 0 aliphatic rings. The molecule has 0 aliphatic carbocycles. The molecule has 0 heterocycles. The van der Waals surface area contributed by atoms with Crippen LogP contribution in [0.5, 0.6) is 0 Å². The minimum Gasteiger partial charge on any atom is -0.355 e. The van der Waals surface area contributed by atoms with Gasteiger partial charge in [-0.05, 0) is 0 Å². The molecule has 0 aromatic rings. The third kappa shape index (κ3) is 4.06. The maximum Gasteiger partial charge on any atom is 0.219 e. The molecule has 10 heavy (non-hydrogen) atoms. The first kappa shape index (κ1) is 9.14. The van der Waals surface area contributed by atoms with Gasteiger partial charge >= 0.3 is 0 Å². The number of rotatable bonds is 4. The van der Waals surface area contributed by atoms with Crippen LogP contribution in [0.25, 0.3) is 0 Å². The molecule has 1 amide bonds. The summed E-state index contributed by atoms with van der Waals surface area (Å²) >= 11 is 0. The number of amides is 1. The second-order valence-electron chi connectivity index (χ2n) is 2.27. The summed E-state index contributed by atoms with van der Waals surface area (Å²) in [6.45, 7) is 4.00. The summed E-state index contributed by atoms with van der Waals surface area (Å²) in [5, 5.41) is 2.61. The Balaban J connectivity index is 3.34. The standard InChI is InChI=1S/C7H13NO2/c1-3-7(10)8-4-6(2)5-9/h5-6H,3-4H2,1-2H3,(H,8,10). The van der Waals surface area contributed by atoms with Crippen LogP contribution < -0.4 is 5.32 Å². The third-order valence-corrected chi connectivity index (χ3v) is 1.17. The fourth-order valence-corrected chi connectivity index (χ4v) is 0.448. The quantitative estimate of drug-likeness (QED) is 0.577. The van der Waals surface area contributed by atoms with Crippen molar-refractivity contribution in [3.63, 3.8) is 0 Å². The first-order valence-electron chi connectivity index (χ1n) is 3.42. The first-order valence-corrected chi connectivity index (χ1v) is 3.42. The minimum atomic E-state index is -0.0736. The number of hydrogen-bond acceptors (Lipinski definition) is 2. The molecule has 0 aliphatic heterocycles. The molecule has 0 radical (unpaired) electrons. The Bertz CT molecular complexity index is 123. The van der Waals surface area contributed by atoms with Gasteiger partial charge in [-0.2, -0.15) is 0 Å². The van der Waals surface area contributed by atoms with Gasteiger partial charge in [-0.1, -0.05) is 13.8 Å². The highest BCUT2D eigenvalue weighted by atomic mass is 16.1. The van der Waals surface area contributed by atoms with Gasteiger partial charge in [0.1, 0.15) is 6.29 Å².